The summed E-state index contributed by atoms with van der Waals surface area (Å²) in [6.07, 6.45) is 1.18. The van der Waals surface area contributed by atoms with Crippen molar-refractivity contribution >= 4 is 27.3 Å². The summed E-state index contributed by atoms with van der Waals surface area (Å²) in [6, 6.07) is 8.19. The Morgan fingerprint density at radius 1 is 1.30 bits per heavy atom. The van der Waals surface area contributed by atoms with E-state index in [0.29, 0.717) is 0 Å². The van der Waals surface area contributed by atoms with E-state index in [-0.39, 0.29) is 22.3 Å². The molecule has 1 heterocycles. The normalized spacial score (nSPS) is 11.3. The number of rotatable bonds is 4. The first kappa shape index (κ1) is 14.7. The third-order valence-electron chi connectivity index (χ3n) is 2.67. The first-order valence-corrected chi connectivity index (χ1v) is 7.67. The molecule has 0 aliphatic rings. The Labute approximate surface area is 121 Å². The van der Waals surface area contributed by atoms with Gasteiger partial charge in [-0.1, -0.05) is 17.7 Å². The number of halogens is 2. The first-order chi connectivity index (χ1) is 9.45. The highest BCUT2D eigenvalue weighted by Gasteiger charge is 2.24. The number of benzene rings is 1. The van der Waals surface area contributed by atoms with Crippen molar-refractivity contribution in [3.63, 3.8) is 0 Å². The van der Waals surface area contributed by atoms with Crippen molar-refractivity contribution in [2.45, 2.75) is 11.8 Å². The summed E-state index contributed by atoms with van der Waals surface area (Å²) in [4.78, 5) is 3.77. The fourth-order valence-corrected chi connectivity index (χ4v) is 3.29. The Kier molecular flexibility index (Phi) is 4.25. The summed E-state index contributed by atoms with van der Waals surface area (Å²) in [6.45, 7) is 1.85. The number of aromatic nitrogens is 1. The fraction of sp³-hybridized carbons (Fsp3) is 0.154. The zero-order valence-electron chi connectivity index (χ0n) is 10.6. The van der Waals surface area contributed by atoms with E-state index in [2.05, 4.69) is 4.98 Å². The van der Waals surface area contributed by atoms with Gasteiger partial charge in [-0.15, -0.1) is 0 Å². The molecule has 0 fully saturated rings. The number of hydrogen-bond acceptors (Lipinski definition) is 3. The smallest absolute Gasteiger partial charge is 0.265 e. The molecule has 1 aromatic carbocycles. The lowest BCUT2D eigenvalue weighted by Crippen LogP contribution is -2.30. The van der Waals surface area contributed by atoms with Crippen LogP contribution in [0, 0.1) is 5.82 Å². The highest BCUT2D eigenvalue weighted by Crippen LogP contribution is 2.24. The van der Waals surface area contributed by atoms with Gasteiger partial charge in [-0.25, -0.2) is 17.8 Å². The molecule has 0 spiro atoms. The molecule has 2 rings (SSSR count). The Morgan fingerprint density at radius 2 is 2.05 bits per heavy atom. The summed E-state index contributed by atoms with van der Waals surface area (Å²) in [5.74, 6) is -0.495. The standard InChI is InChI=1S/C13H12ClFN2O2S/c1-2-17(11-5-3-4-10(15)8-11)20(18,19)12-6-7-13(14)16-9-12/h3-9H,2H2,1H3. The molecule has 0 radical (unpaired) electrons. The van der Waals surface area contributed by atoms with Gasteiger partial charge in [-0.2, -0.15) is 0 Å². The molecule has 0 unspecified atom stereocenters. The van der Waals surface area contributed by atoms with Crippen molar-refractivity contribution in [1.82, 2.24) is 4.98 Å². The van der Waals surface area contributed by atoms with Gasteiger partial charge >= 0.3 is 0 Å². The van der Waals surface area contributed by atoms with Crippen LogP contribution in [0.5, 0.6) is 0 Å². The minimum Gasteiger partial charge on any atom is -0.266 e. The Balaban J connectivity index is 2.47. The molecular formula is C13H12ClFN2O2S. The molecule has 106 valence electrons. The Bertz CT molecular complexity index is 705. The maximum atomic E-state index is 13.3. The number of sulfonamides is 1. The summed E-state index contributed by atoms with van der Waals surface area (Å²) in [5, 5.41) is 0.206. The van der Waals surface area contributed by atoms with Crippen LogP contribution < -0.4 is 4.31 Å². The quantitative estimate of drug-likeness (QED) is 0.815. The monoisotopic (exact) mass is 314 g/mol. The molecule has 0 aliphatic carbocycles. The van der Waals surface area contributed by atoms with Crippen LogP contribution >= 0.6 is 11.6 Å². The second kappa shape index (κ2) is 5.76. The van der Waals surface area contributed by atoms with Crippen molar-refractivity contribution in [2.24, 2.45) is 0 Å². The summed E-state index contributed by atoms with van der Waals surface area (Å²) in [5.41, 5.74) is 0.266. The molecule has 2 aromatic rings. The van der Waals surface area contributed by atoms with Crippen LogP contribution in [0.15, 0.2) is 47.5 Å². The molecule has 0 amide bonds. The highest BCUT2D eigenvalue weighted by atomic mass is 35.5. The van der Waals surface area contributed by atoms with E-state index in [1.165, 1.54) is 42.6 Å². The molecule has 1 aromatic heterocycles. The molecule has 20 heavy (non-hydrogen) atoms. The Morgan fingerprint density at radius 3 is 2.60 bits per heavy atom. The van der Waals surface area contributed by atoms with Gasteiger partial charge in [0.2, 0.25) is 0 Å². The summed E-state index contributed by atoms with van der Waals surface area (Å²) in [7, 11) is -3.79. The van der Waals surface area contributed by atoms with Crippen LogP contribution in [0.2, 0.25) is 5.15 Å². The Hall–Kier alpha value is -1.66. The molecular weight excluding hydrogens is 303 g/mol. The maximum absolute atomic E-state index is 13.3. The van der Waals surface area contributed by atoms with Crippen LogP contribution in [-0.2, 0) is 10.0 Å². The average molecular weight is 315 g/mol. The van der Waals surface area contributed by atoms with Gasteiger partial charge in [-0.05, 0) is 37.3 Å². The predicted octanol–water partition coefficient (Wildman–Crippen LogP) is 3.09. The molecule has 0 saturated carbocycles. The third kappa shape index (κ3) is 2.91. The van der Waals surface area contributed by atoms with Crippen LogP contribution in [0.4, 0.5) is 10.1 Å². The van der Waals surface area contributed by atoms with Crippen molar-refractivity contribution in [2.75, 3.05) is 10.8 Å². The maximum Gasteiger partial charge on any atom is 0.265 e. The fourth-order valence-electron chi connectivity index (χ4n) is 1.76. The summed E-state index contributed by atoms with van der Waals surface area (Å²) < 4.78 is 39.4. The number of pyridine rings is 1. The summed E-state index contributed by atoms with van der Waals surface area (Å²) >= 11 is 5.64. The lowest BCUT2D eigenvalue weighted by Gasteiger charge is -2.22. The SMILES string of the molecule is CCN(c1cccc(F)c1)S(=O)(=O)c1ccc(Cl)nc1. The van der Waals surface area contributed by atoms with Crippen molar-refractivity contribution in [3.05, 3.63) is 53.6 Å². The van der Waals surface area contributed by atoms with Crippen molar-refractivity contribution < 1.29 is 12.8 Å². The van der Waals surface area contributed by atoms with Crippen LogP contribution in [0.25, 0.3) is 0 Å². The topological polar surface area (TPSA) is 50.3 Å². The van der Waals surface area contributed by atoms with Crippen molar-refractivity contribution in [3.8, 4) is 0 Å². The second-order valence-corrected chi connectivity index (χ2v) is 6.22. The van der Waals surface area contributed by atoms with E-state index < -0.39 is 15.8 Å². The van der Waals surface area contributed by atoms with E-state index in [1.54, 1.807) is 6.92 Å². The largest absolute Gasteiger partial charge is 0.266 e. The minimum absolute atomic E-state index is 0.00742. The van der Waals surface area contributed by atoms with Crippen molar-refractivity contribution in [1.29, 1.82) is 0 Å². The zero-order chi connectivity index (χ0) is 14.8. The van der Waals surface area contributed by atoms with E-state index in [1.807, 2.05) is 0 Å². The molecule has 0 N–H and O–H groups in total. The van der Waals surface area contributed by atoms with Gasteiger partial charge in [0, 0.05) is 12.7 Å². The molecule has 0 bridgehead atoms. The van der Waals surface area contributed by atoms with Gasteiger partial charge in [0.25, 0.3) is 10.0 Å². The van der Waals surface area contributed by atoms with Gasteiger partial charge in [0.15, 0.2) is 0 Å². The average Bonchev–Trinajstić information content (AvgIpc) is 2.40. The number of hydrogen-bond donors (Lipinski definition) is 0. The van der Waals surface area contributed by atoms with E-state index >= 15 is 0 Å². The third-order valence-corrected chi connectivity index (χ3v) is 4.78. The molecule has 0 atom stereocenters. The second-order valence-electron chi connectivity index (χ2n) is 3.97. The zero-order valence-corrected chi connectivity index (χ0v) is 12.2. The van der Waals surface area contributed by atoms with E-state index in [9.17, 15) is 12.8 Å². The van der Waals surface area contributed by atoms with Crippen LogP contribution in [0.3, 0.4) is 0 Å². The number of anilines is 1. The van der Waals surface area contributed by atoms with Gasteiger partial charge in [-0.3, -0.25) is 4.31 Å². The lowest BCUT2D eigenvalue weighted by molar-refractivity contribution is 0.591. The van der Waals surface area contributed by atoms with E-state index in [0.717, 1.165) is 4.31 Å². The van der Waals surface area contributed by atoms with Gasteiger partial charge in [0.1, 0.15) is 15.9 Å². The number of nitrogens with zero attached hydrogens (tertiary/aromatic N) is 2. The molecule has 7 heteroatoms. The van der Waals surface area contributed by atoms with Gasteiger partial charge < -0.3 is 0 Å². The minimum atomic E-state index is -3.79. The highest BCUT2D eigenvalue weighted by molar-refractivity contribution is 7.92. The van der Waals surface area contributed by atoms with Crippen LogP contribution in [0.1, 0.15) is 6.92 Å². The van der Waals surface area contributed by atoms with E-state index in [4.69, 9.17) is 11.6 Å². The first-order valence-electron chi connectivity index (χ1n) is 5.85. The molecule has 4 nitrogen and oxygen atoms in total. The predicted molar refractivity (Wildman–Crippen MR) is 75.9 cm³/mol. The molecule has 0 saturated heterocycles. The lowest BCUT2D eigenvalue weighted by atomic mass is 10.3. The molecule has 0 aliphatic heterocycles. The van der Waals surface area contributed by atoms with Gasteiger partial charge in [0.05, 0.1) is 5.69 Å². The van der Waals surface area contributed by atoms with Crippen LogP contribution in [-0.4, -0.2) is 19.9 Å².